The number of benzene rings is 2. The van der Waals surface area contributed by atoms with Crippen molar-refractivity contribution >= 4 is 17.3 Å². The van der Waals surface area contributed by atoms with Crippen LogP contribution in [0.2, 0.25) is 0 Å². The summed E-state index contributed by atoms with van der Waals surface area (Å²) >= 11 is 0. The quantitative estimate of drug-likeness (QED) is 0.776. The van der Waals surface area contributed by atoms with E-state index in [9.17, 15) is 4.79 Å². The SMILES string of the molecule is Cc1cc(NC(=O)c2cnn(-c3ccccc3)c2)ccc1N1CCCC1. The molecule has 5 heteroatoms. The summed E-state index contributed by atoms with van der Waals surface area (Å²) in [6, 6.07) is 15.9. The van der Waals surface area contributed by atoms with Gasteiger partial charge >= 0.3 is 0 Å². The van der Waals surface area contributed by atoms with Gasteiger partial charge in [-0.25, -0.2) is 4.68 Å². The van der Waals surface area contributed by atoms with Gasteiger partial charge in [-0.05, 0) is 55.7 Å². The fourth-order valence-electron chi connectivity index (χ4n) is 3.41. The topological polar surface area (TPSA) is 50.2 Å². The first kappa shape index (κ1) is 16.4. The third kappa shape index (κ3) is 3.33. The minimum atomic E-state index is -0.152. The molecule has 1 aliphatic heterocycles. The van der Waals surface area contributed by atoms with Gasteiger partial charge in [0.2, 0.25) is 0 Å². The monoisotopic (exact) mass is 346 g/mol. The van der Waals surface area contributed by atoms with Gasteiger partial charge in [0.25, 0.3) is 5.91 Å². The standard InChI is InChI=1S/C21H22N4O/c1-16-13-18(9-10-20(16)24-11-5-6-12-24)23-21(26)17-14-22-25(15-17)19-7-3-2-4-8-19/h2-4,7-10,13-15H,5-6,11-12H2,1H3,(H,23,26). The second kappa shape index (κ2) is 7.04. The van der Waals surface area contributed by atoms with Gasteiger partial charge in [-0.3, -0.25) is 4.79 Å². The molecule has 1 fully saturated rings. The van der Waals surface area contributed by atoms with E-state index in [1.807, 2.05) is 42.5 Å². The van der Waals surface area contributed by atoms with Crippen molar-refractivity contribution in [1.82, 2.24) is 9.78 Å². The smallest absolute Gasteiger partial charge is 0.258 e. The number of nitrogens with zero attached hydrogens (tertiary/aromatic N) is 3. The van der Waals surface area contributed by atoms with Gasteiger partial charge < -0.3 is 10.2 Å². The van der Waals surface area contributed by atoms with E-state index < -0.39 is 0 Å². The van der Waals surface area contributed by atoms with Crippen LogP contribution < -0.4 is 10.2 Å². The summed E-state index contributed by atoms with van der Waals surface area (Å²) < 4.78 is 1.70. The van der Waals surface area contributed by atoms with Crippen LogP contribution in [0.15, 0.2) is 60.9 Å². The van der Waals surface area contributed by atoms with E-state index in [1.54, 1.807) is 17.1 Å². The molecular weight excluding hydrogens is 324 g/mol. The number of para-hydroxylation sites is 1. The number of nitrogens with one attached hydrogen (secondary N) is 1. The van der Waals surface area contributed by atoms with Gasteiger partial charge in [0, 0.05) is 30.7 Å². The lowest BCUT2D eigenvalue weighted by Crippen LogP contribution is -2.19. The van der Waals surface area contributed by atoms with E-state index in [-0.39, 0.29) is 5.91 Å². The predicted octanol–water partition coefficient (Wildman–Crippen LogP) is 4.03. The van der Waals surface area contributed by atoms with Crippen LogP contribution in [-0.2, 0) is 0 Å². The van der Waals surface area contributed by atoms with Gasteiger partial charge in [-0.2, -0.15) is 5.10 Å². The van der Waals surface area contributed by atoms with Crippen LogP contribution >= 0.6 is 0 Å². The highest BCUT2D eigenvalue weighted by atomic mass is 16.1. The number of rotatable bonds is 4. The number of hydrogen-bond donors (Lipinski definition) is 1. The lowest BCUT2D eigenvalue weighted by molar-refractivity contribution is 0.102. The lowest BCUT2D eigenvalue weighted by atomic mass is 10.1. The van der Waals surface area contributed by atoms with Crippen molar-refractivity contribution in [2.45, 2.75) is 19.8 Å². The maximum atomic E-state index is 12.5. The van der Waals surface area contributed by atoms with Crippen LogP contribution in [0.1, 0.15) is 28.8 Å². The summed E-state index contributed by atoms with van der Waals surface area (Å²) in [5, 5.41) is 7.25. The first-order chi connectivity index (χ1) is 12.7. The summed E-state index contributed by atoms with van der Waals surface area (Å²) in [6.45, 7) is 4.33. The second-order valence-corrected chi connectivity index (χ2v) is 6.66. The first-order valence-corrected chi connectivity index (χ1v) is 8.98. The summed E-state index contributed by atoms with van der Waals surface area (Å²) in [4.78, 5) is 14.9. The molecule has 0 radical (unpaired) electrons. The molecule has 0 atom stereocenters. The summed E-state index contributed by atoms with van der Waals surface area (Å²) in [5.41, 5.74) is 4.72. The van der Waals surface area contributed by atoms with Gasteiger partial charge in [0.1, 0.15) is 0 Å². The Morgan fingerprint density at radius 2 is 1.85 bits per heavy atom. The second-order valence-electron chi connectivity index (χ2n) is 6.66. The van der Waals surface area contributed by atoms with Crippen molar-refractivity contribution < 1.29 is 4.79 Å². The van der Waals surface area contributed by atoms with Crippen LogP contribution in [0.4, 0.5) is 11.4 Å². The van der Waals surface area contributed by atoms with Crippen molar-refractivity contribution in [3.8, 4) is 5.69 Å². The fraction of sp³-hybridized carbons (Fsp3) is 0.238. The summed E-state index contributed by atoms with van der Waals surface area (Å²) in [7, 11) is 0. The first-order valence-electron chi connectivity index (χ1n) is 8.98. The van der Waals surface area contributed by atoms with E-state index >= 15 is 0 Å². The number of anilines is 2. The molecule has 1 saturated heterocycles. The van der Waals surface area contributed by atoms with E-state index in [0.29, 0.717) is 5.56 Å². The molecule has 1 aromatic heterocycles. The minimum Gasteiger partial charge on any atom is -0.371 e. The Bertz CT molecular complexity index is 911. The van der Waals surface area contributed by atoms with E-state index in [4.69, 9.17) is 0 Å². The third-order valence-electron chi connectivity index (χ3n) is 4.77. The normalized spacial score (nSPS) is 13.8. The van der Waals surface area contributed by atoms with Crippen molar-refractivity contribution in [3.05, 3.63) is 72.1 Å². The molecule has 0 spiro atoms. The summed E-state index contributed by atoms with van der Waals surface area (Å²) in [5.74, 6) is -0.152. The summed E-state index contributed by atoms with van der Waals surface area (Å²) in [6.07, 6.45) is 5.84. The van der Waals surface area contributed by atoms with Crippen molar-refractivity contribution in [3.63, 3.8) is 0 Å². The molecule has 0 bridgehead atoms. The van der Waals surface area contributed by atoms with Gasteiger partial charge in [0.15, 0.2) is 0 Å². The van der Waals surface area contributed by atoms with E-state index in [2.05, 4.69) is 28.3 Å². The van der Waals surface area contributed by atoms with Gasteiger partial charge in [-0.1, -0.05) is 18.2 Å². The number of hydrogen-bond acceptors (Lipinski definition) is 3. The Morgan fingerprint density at radius 3 is 2.58 bits per heavy atom. The van der Waals surface area contributed by atoms with Crippen LogP contribution in [0.3, 0.4) is 0 Å². The molecule has 2 heterocycles. The minimum absolute atomic E-state index is 0.152. The fourth-order valence-corrected chi connectivity index (χ4v) is 3.41. The number of amides is 1. The molecule has 0 saturated carbocycles. The molecule has 3 aromatic rings. The molecule has 0 aliphatic carbocycles. The zero-order chi connectivity index (χ0) is 17.9. The maximum absolute atomic E-state index is 12.5. The van der Waals surface area contributed by atoms with Crippen LogP contribution in [0.25, 0.3) is 5.69 Å². The molecular formula is C21H22N4O. The van der Waals surface area contributed by atoms with Crippen molar-refractivity contribution in [2.24, 2.45) is 0 Å². The Hall–Kier alpha value is -3.08. The molecule has 1 N–H and O–H groups in total. The highest BCUT2D eigenvalue weighted by molar-refractivity contribution is 6.04. The molecule has 4 rings (SSSR count). The third-order valence-corrected chi connectivity index (χ3v) is 4.77. The van der Waals surface area contributed by atoms with Crippen LogP contribution in [-0.4, -0.2) is 28.8 Å². The zero-order valence-electron chi connectivity index (χ0n) is 14.9. The average molecular weight is 346 g/mol. The van der Waals surface area contributed by atoms with Gasteiger partial charge in [0.05, 0.1) is 17.4 Å². The Morgan fingerprint density at radius 1 is 1.08 bits per heavy atom. The maximum Gasteiger partial charge on any atom is 0.258 e. The number of carbonyl (C=O) groups is 1. The van der Waals surface area contributed by atoms with Gasteiger partial charge in [-0.15, -0.1) is 0 Å². The number of aromatic nitrogens is 2. The molecule has 0 unspecified atom stereocenters. The number of carbonyl (C=O) groups excluding carboxylic acids is 1. The van der Waals surface area contributed by atoms with Crippen LogP contribution in [0.5, 0.6) is 0 Å². The molecule has 2 aromatic carbocycles. The molecule has 1 amide bonds. The zero-order valence-corrected chi connectivity index (χ0v) is 14.9. The average Bonchev–Trinajstić information content (AvgIpc) is 3.35. The van der Waals surface area contributed by atoms with E-state index in [0.717, 1.165) is 24.5 Å². The molecule has 132 valence electrons. The lowest BCUT2D eigenvalue weighted by Gasteiger charge is -2.20. The molecule has 1 aliphatic rings. The Balaban J connectivity index is 1.48. The highest BCUT2D eigenvalue weighted by Gasteiger charge is 2.15. The largest absolute Gasteiger partial charge is 0.371 e. The van der Waals surface area contributed by atoms with Crippen molar-refractivity contribution in [1.29, 1.82) is 0 Å². The molecule has 5 nitrogen and oxygen atoms in total. The van der Waals surface area contributed by atoms with Crippen LogP contribution in [0, 0.1) is 6.92 Å². The Labute approximate surface area is 153 Å². The Kier molecular flexibility index (Phi) is 4.44. The highest BCUT2D eigenvalue weighted by Crippen LogP contribution is 2.27. The molecule has 26 heavy (non-hydrogen) atoms. The van der Waals surface area contributed by atoms with Crippen molar-refractivity contribution in [2.75, 3.05) is 23.3 Å². The van der Waals surface area contributed by atoms with E-state index in [1.165, 1.54) is 24.1 Å². The number of aryl methyl sites for hydroxylation is 1. The predicted molar refractivity (Wildman–Crippen MR) is 104 cm³/mol.